The van der Waals surface area contributed by atoms with Crippen LogP contribution in [0, 0.1) is 0 Å². The molecule has 0 amide bonds. The smallest absolute Gasteiger partial charge is 0.335 e. The summed E-state index contributed by atoms with van der Waals surface area (Å²) < 4.78 is 6.11. The molecule has 0 fully saturated rings. The molecule has 0 atom stereocenters. The highest BCUT2D eigenvalue weighted by Crippen LogP contribution is 2.28. The Morgan fingerprint density at radius 1 is 0.783 bits per heavy atom. The number of aromatic carboxylic acids is 1. The van der Waals surface area contributed by atoms with Gasteiger partial charge in [-0.1, -0.05) is 66.7 Å². The first-order chi connectivity index (χ1) is 11.2. The summed E-state index contributed by atoms with van der Waals surface area (Å²) in [5.41, 5.74) is 2.24. The van der Waals surface area contributed by atoms with E-state index in [4.69, 9.17) is 9.84 Å². The van der Waals surface area contributed by atoms with Crippen molar-refractivity contribution in [3.63, 3.8) is 0 Å². The van der Waals surface area contributed by atoms with Gasteiger partial charge in [-0.05, 0) is 29.3 Å². The molecule has 0 saturated heterocycles. The van der Waals surface area contributed by atoms with Gasteiger partial charge in [0.2, 0.25) is 0 Å². The lowest BCUT2D eigenvalue weighted by molar-refractivity contribution is 0.0696. The van der Waals surface area contributed by atoms with Gasteiger partial charge in [-0.2, -0.15) is 0 Å². The van der Waals surface area contributed by atoms with Gasteiger partial charge in [0.05, 0.1) is 5.56 Å². The summed E-state index contributed by atoms with van der Waals surface area (Å²) in [6.45, 7) is 0. The minimum absolute atomic E-state index is 0.211. The third kappa shape index (κ3) is 3.58. The van der Waals surface area contributed by atoms with Gasteiger partial charge in [-0.3, -0.25) is 0 Å². The fourth-order valence-corrected chi connectivity index (χ4v) is 2.42. The molecule has 0 radical (unpaired) electrons. The Kier molecular flexibility index (Phi) is 4.39. The summed E-state index contributed by atoms with van der Waals surface area (Å²) >= 11 is 0. The van der Waals surface area contributed by atoms with Crippen molar-refractivity contribution >= 4 is 5.97 Å². The van der Waals surface area contributed by atoms with Gasteiger partial charge in [-0.15, -0.1) is 0 Å². The first-order valence-corrected chi connectivity index (χ1v) is 7.34. The normalized spacial score (nSPS) is 10.5. The molecule has 0 aromatic heterocycles. The van der Waals surface area contributed by atoms with Gasteiger partial charge in [0.1, 0.15) is 11.9 Å². The van der Waals surface area contributed by atoms with Gasteiger partial charge >= 0.3 is 5.97 Å². The van der Waals surface area contributed by atoms with Crippen LogP contribution in [0.1, 0.15) is 27.6 Å². The number of benzene rings is 3. The maximum atomic E-state index is 11.1. The summed E-state index contributed by atoms with van der Waals surface area (Å²) in [7, 11) is 0. The standard InChI is InChI=1S/C20H16O3/c21-20(22)17-12-7-13-18(14-17)23-19(15-8-3-1-4-9-15)16-10-5-2-6-11-16/h1-14,19H,(H,21,22). The highest BCUT2D eigenvalue weighted by Gasteiger charge is 2.16. The highest BCUT2D eigenvalue weighted by atomic mass is 16.5. The van der Waals surface area contributed by atoms with Gasteiger partial charge in [0.25, 0.3) is 0 Å². The third-order valence-corrected chi connectivity index (χ3v) is 3.54. The summed E-state index contributed by atoms with van der Waals surface area (Å²) in [5, 5.41) is 9.12. The number of carboxylic acids is 1. The monoisotopic (exact) mass is 304 g/mol. The second kappa shape index (κ2) is 6.79. The third-order valence-electron chi connectivity index (χ3n) is 3.54. The minimum atomic E-state index is -0.966. The molecule has 0 aliphatic carbocycles. The zero-order valence-corrected chi connectivity index (χ0v) is 12.4. The van der Waals surface area contributed by atoms with Crippen LogP contribution in [0.4, 0.5) is 0 Å². The molecule has 0 bridgehead atoms. The fourth-order valence-electron chi connectivity index (χ4n) is 2.42. The van der Waals surface area contributed by atoms with Crippen LogP contribution in [0.5, 0.6) is 5.75 Å². The number of rotatable bonds is 5. The molecular formula is C20H16O3. The van der Waals surface area contributed by atoms with E-state index < -0.39 is 5.97 Å². The van der Waals surface area contributed by atoms with E-state index in [9.17, 15) is 4.79 Å². The first-order valence-electron chi connectivity index (χ1n) is 7.34. The van der Waals surface area contributed by atoms with Gasteiger partial charge in [-0.25, -0.2) is 4.79 Å². The molecule has 3 rings (SSSR count). The molecule has 0 aliphatic rings. The van der Waals surface area contributed by atoms with Crippen LogP contribution in [0.15, 0.2) is 84.9 Å². The van der Waals surface area contributed by atoms with E-state index in [1.807, 2.05) is 60.7 Å². The predicted octanol–water partition coefficient (Wildman–Crippen LogP) is 4.55. The second-order valence-corrected chi connectivity index (χ2v) is 5.15. The van der Waals surface area contributed by atoms with Crippen molar-refractivity contribution < 1.29 is 14.6 Å². The van der Waals surface area contributed by atoms with Crippen LogP contribution >= 0.6 is 0 Å². The Hall–Kier alpha value is -3.07. The Morgan fingerprint density at radius 2 is 1.35 bits per heavy atom. The molecule has 3 aromatic carbocycles. The number of hydrogen-bond acceptors (Lipinski definition) is 2. The van der Waals surface area contributed by atoms with Crippen LogP contribution in [0.3, 0.4) is 0 Å². The summed E-state index contributed by atoms with van der Waals surface area (Å²) in [6, 6.07) is 26.3. The molecule has 3 heteroatoms. The lowest BCUT2D eigenvalue weighted by Crippen LogP contribution is -2.09. The molecular weight excluding hydrogens is 288 g/mol. The summed E-state index contributed by atoms with van der Waals surface area (Å²) in [6.07, 6.45) is -0.290. The minimum Gasteiger partial charge on any atom is -0.481 e. The van der Waals surface area contributed by atoms with Gasteiger partial charge in [0.15, 0.2) is 0 Å². The SMILES string of the molecule is O=C(O)c1cccc(OC(c2ccccc2)c2ccccc2)c1. The molecule has 1 N–H and O–H groups in total. The lowest BCUT2D eigenvalue weighted by atomic mass is 10.0. The predicted molar refractivity (Wildman–Crippen MR) is 88.8 cm³/mol. The van der Waals surface area contributed by atoms with Crippen molar-refractivity contribution in [2.24, 2.45) is 0 Å². The van der Waals surface area contributed by atoms with Crippen LogP contribution in [0.2, 0.25) is 0 Å². The molecule has 0 aliphatic heterocycles. The van der Waals surface area contributed by atoms with Crippen molar-refractivity contribution in [1.29, 1.82) is 0 Å². The maximum absolute atomic E-state index is 11.1. The Bertz CT molecular complexity index is 743. The average molecular weight is 304 g/mol. The van der Waals surface area contributed by atoms with Crippen molar-refractivity contribution in [2.45, 2.75) is 6.10 Å². The quantitative estimate of drug-likeness (QED) is 0.752. The van der Waals surface area contributed by atoms with Crippen molar-refractivity contribution in [3.8, 4) is 5.75 Å². The first kappa shape index (κ1) is 14.9. The Balaban J connectivity index is 1.97. The van der Waals surface area contributed by atoms with E-state index >= 15 is 0 Å². The van der Waals surface area contributed by atoms with Crippen molar-refractivity contribution in [3.05, 3.63) is 102 Å². The van der Waals surface area contributed by atoms with Crippen LogP contribution in [-0.2, 0) is 0 Å². The van der Waals surface area contributed by atoms with E-state index in [1.165, 1.54) is 0 Å². The zero-order chi connectivity index (χ0) is 16.1. The van der Waals surface area contributed by atoms with Crippen LogP contribution in [-0.4, -0.2) is 11.1 Å². The Labute approximate surface area is 134 Å². The van der Waals surface area contributed by atoms with Crippen molar-refractivity contribution in [1.82, 2.24) is 0 Å². The highest BCUT2D eigenvalue weighted by molar-refractivity contribution is 5.88. The summed E-state index contributed by atoms with van der Waals surface area (Å²) in [4.78, 5) is 11.1. The van der Waals surface area contributed by atoms with E-state index in [1.54, 1.807) is 24.3 Å². The second-order valence-electron chi connectivity index (χ2n) is 5.15. The molecule has 0 saturated carbocycles. The zero-order valence-electron chi connectivity index (χ0n) is 12.4. The molecule has 3 nitrogen and oxygen atoms in total. The van der Waals surface area contributed by atoms with Gasteiger partial charge in [0, 0.05) is 0 Å². The Morgan fingerprint density at radius 3 is 1.87 bits per heavy atom. The molecule has 0 unspecified atom stereocenters. The van der Waals surface area contributed by atoms with Gasteiger partial charge < -0.3 is 9.84 Å². The molecule has 114 valence electrons. The number of ether oxygens (including phenoxy) is 1. The number of carboxylic acid groups (broad SMARTS) is 1. The fraction of sp³-hybridized carbons (Fsp3) is 0.0500. The molecule has 3 aromatic rings. The lowest BCUT2D eigenvalue weighted by Gasteiger charge is -2.20. The summed E-state index contributed by atoms with van der Waals surface area (Å²) in [5.74, 6) is -0.436. The average Bonchev–Trinajstić information content (AvgIpc) is 2.61. The van der Waals surface area contributed by atoms with E-state index in [0.717, 1.165) is 11.1 Å². The van der Waals surface area contributed by atoms with Crippen molar-refractivity contribution in [2.75, 3.05) is 0 Å². The van der Waals surface area contributed by atoms with Crippen LogP contribution in [0.25, 0.3) is 0 Å². The van der Waals surface area contributed by atoms with E-state index in [0.29, 0.717) is 5.75 Å². The number of hydrogen-bond donors (Lipinski definition) is 1. The molecule has 0 heterocycles. The van der Waals surface area contributed by atoms with Crippen LogP contribution < -0.4 is 4.74 Å². The molecule has 23 heavy (non-hydrogen) atoms. The van der Waals surface area contributed by atoms with E-state index in [-0.39, 0.29) is 11.7 Å². The van der Waals surface area contributed by atoms with E-state index in [2.05, 4.69) is 0 Å². The number of carbonyl (C=O) groups is 1. The molecule has 0 spiro atoms. The maximum Gasteiger partial charge on any atom is 0.335 e. The topological polar surface area (TPSA) is 46.5 Å². The largest absolute Gasteiger partial charge is 0.481 e.